The van der Waals surface area contributed by atoms with Gasteiger partial charge in [0.05, 0.1) is 0 Å². The van der Waals surface area contributed by atoms with E-state index in [9.17, 15) is 9.59 Å². The van der Waals surface area contributed by atoms with Crippen LogP contribution in [0.15, 0.2) is 4.99 Å². The van der Waals surface area contributed by atoms with Crippen LogP contribution in [0.1, 0.15) is 72.6 Å². The fourth-order valence-corrected chi connectivity index (χ4v) is 2.69. The number of esters is 1. The van der Waals surface area contributed by atoms with Crippen molar-refractivity contribution < 1.29 is 14.3 Å². The van der Waals surface area contributed by atoms with Crippen LogP contribution in [0.2, 0.25) is 0 Å². The molecule has 0 aromatic heterocycles. The monoisotopic (exact) mass is 496 g/mol. The maximum absolute atomic E-state index is 11.6. The number of carbonyl (C=O) groups excluding carboxylic acids is 2. The second kappa shape index (κ2) is 14.0. The van der Waals surface area contributed by atoms with Crippen LogP contribution in [-0.2, 0) is 14.3 Å². The molecule has 0 spiro atoms. The topological polar surface area (TPSA) is 91.8 Å². The Labute approximate surface area is 180 Å². The number of carbonyl (C=O) groups is 2. The van der Waals surface area contributed by atoms with Crippen LogP contribution in [0.4, 0.5) is 0 Å². The summed E-state index contributed by atoms with van der Waals surface area (Å²) in [5, 5.41) is 9.50. The highest BCUT2D eigenvalue weighted by atomic mass is 127. The minimum atomic E-state index is -0.400. The Morgan fingerprint density at radius 3 is 2.56 bits per heavy atom. The van der Waals surface area contributed by atoms with Gasteiger partial charge < -0.3 is 20.7 Å². The van der Waals surface area contributed by atoms with Gasteiger partial charge in [-0.2, -0.15) is 0 Å². The summed E-state index contributed by atoms with van der Waals surface area (Å²) in [6.07, 6.45) is 5.79. The minimum Gasteiger partial charge on any atom is -0.460 e. The normalized spacial score (nSPS) is 17.6. The molecule has 0 aromatic carbocycles. The Bertz CT molecular complexity index is 468. The molecular weight excluding hydrogens is 459 g/mol. The van der Waals surface area contributed by atoms with Gasteiger partial charge in [0, 0.05) is 38.5 Å². The average molecular weight is 496 g/mol. The number of piperidine rings is 1. The Kier molecular flexibility index (Phi) is 13.5. The molecule has 1 unspecified atom stereocenters. The number of guanidine groups is 1. The van der Waals surface area contributed by atoms with Crippen molar-refractivity contribution in [1.29, 1.82) is 0 Å². The Balaban J connectivity index is 0.00000676. The van der Waals surface area contributed by atoms with E-state index in [2.05, 4.69) is 20.9 Å². The summed E-state index contributed by atoms with van der Waals surface area (Å²) in [4.78, 5) is 27.4. The summed E-state index contributed by atoms with van der Waals surface area (Å²) in [7, 11) is 0. The molecule has 1 atom stereocenters. The number of rotatable bonds is 9. The molecular formula is C19H37IN4O3. The van der Waals surface area contributed by atoms with E-state index < -0.39 is 5.60 Å². The van der Waals surface area contributed by atoms with Crippen molar-refractivity contribution in [2.24, 2.45) is 4.99 Å². The van der Waals surface area contributed by atoms with E-state index in [0.29, 0.717) is 19.4 Å². The van der Waals surface area contributed by atoms with Crippen molar-refractivity contribution in [3.05, 3.63) is 0 Å². The second-order valence-electron chi connectivity index (χ2n) is 7.70. The number of ether oxygens (including phenoxy) is 1. The third-order valence-electron chi connectivity index (χ3n) is 3.93. The molecule has 0 radical (unpaired) electrons. The van der Waals surface area contributed by atoms with Crippen molar-refractivity contribution in [1.82, 2.24) is 16.0 Å². The maximum Gasteiger partial charge on any atom is 0.306 e. The first-order chi connectivity index (χ1) is 12.3. The third kappa shape index (κ3) is 13.7. The molecule has 1 aliphatic heterocycles. The van der Waals surface area contributed by atoms with E-state index in [4.69, 9.17) is 4.74 Å². The summed E-state index contributed by atoms with van der Waals surface area (Å²) in [6.45, 7) is 9.91. The molecule has 1 heterocycles. The van der Waals surface area contributed by atoms with Gasteiger partial charge in [0.25, 0.3) is 0 Å². The predicted octanol–water partition coefficient (Wildman–Crippen LogP) is 2.73. The maximum atomic E-state index is 11.6. The van der Waals surface area contributed by atoms with Gasteiger partial charge in [0.2, 0.25) is 5.91 Å². The van der Waals surface area contributed by atoms with E-state index in [-0.39, 0.29) is 41.9 Å². The molecule has 8 heteroatoms. The lowest BCUT2D eigenvalue weighted by molar-refractivity contribution is -0.154. The first-order valence-electron chi connectivity index (χ1n) is 9.83. The molecule has 1 rings (SSSR count). The number of amides is 1. The van der Waals surface area contributed by atoms with E-state index >= 15 is 0 Å². The van der Waals surface area contributed by atoms with Crippen molar-refractivity contribution >= 4 is 41.8 Å². The van der Waals surface area contributed by atoms with Gasteiger partial charge in [-0.25, -0.2) is 0 Å². The smallest absolute Gasteiger partial charge is 0.306 e. The molecule has 1 fully saturated rings. The minimum absolute atomic E-state index is 0. The summed E-state index contributed by atoms with van der Waals surface area (Å²) in [5.41, 5.74) is -0.400. The van der Waals surface area contributed by atoms with Crippen molar-refractivity contribution in [2.75, 3.05) is 19.6 Å². The average Bonchev–Trinajstić information content (AvgIpc) is 2.54. The van der Waals surface area contributed by atoms with Gasteiger partial charge in [0.15, 0.2) is 5.96 Å². The lowest BCUT2D eigenvalue weighted by Gasteiger charge is -2.25. The van der Waals surface area contributed by atoms with Gasteiger partial charge in [-0.3, -0.25) is 14.6 Å². The third-order valence-corrected chi connectivity index (χ3v) is 3.93. The quantitative estimate of drug-likeness (QED) is 0.150. The summed E-state index contributed by atoms with van der Waals surface area (Å²) in [5.74, 6) is 0.813. The SMILES string of the molecule is CCNC(=NCCCCCCC(=O)OC(C)(C)C)NC1CCC(=O)NC1.I. The van der Waals surface area contributed by atoms with E-state index in [1.165, 1.54) is 0 Å². The van der Waals surface area contributed by atoms with Crippen LogP contribution >= 0.6 is 24.0 Å². The van der Waals surface area contributed by atoms with E-state index in [1.54, 1.807) is 0 Å². The van der Waals surface area contributed by atoms with Crippen molar-refractivity contribution in [3.8, 4) is 0 Å². The predicted molar refractivity (Wildman–Crippen MR) is 119 cm³/mol. The molecule has 1 saturated heterocycles. The van der Waals surface area contributed by atoms with Crippen LogP contribution in [-0.4, -0.2) is 49.1 Å². The number of hydrogen-bond donors (Lipinski definition) is 3. The van der Waals surface area contributed by atoms with Crippen molar-refractivity contribution in [2.45, 2.75) is 84.3 Å². The van der Waals surface area contributed by atoms with Crippen LogP contribution in [0.25, 0.3) is 0 Å². The second-order valence-corrected chi connectivity index (χ2v) is 7.70. The Morgan fingerprint density at radius 2 is 1.96 bits per heavy atom. The lowest BCUT2D eigenvalue weighted by atomic mass is 10.1. The highest BCUT2D eigenvalue weighted by Gasteiger charge is 2.18. The highest BCUT2D eigenvalue weighted by Crippen LogP contribution is 2.11. The molecule has 7 nitrogen and oxygen atoms in total. The molecule has 1 amide bonds. The van der Waals surface area contributed by atoms with Gasteiger partial charge in [0.1, 0.15) is 5.60 Å². The number of nitrogens with zero attached hydrogens (tertiary/aromatic N) is 1. The first-order valence-corrected chi connectivity index (χ1v) is 9.83. The summed E-state index contributed by atoms with van der Waals surface area (Å²) >= 11 is 0. The van der Waals surface area contributed by atoms with Crippen LogP contribution in [0, 0.1) is 0 Å². The largest absolute Gasteiger partial charge is 0.460 e. The Morgan fingerprint density at radius 1 is 1.26 bits per heavy atom. The zero-order chi connectivity index (χ0) is 19.4. The van der Waals surface area contributed by atoms with E-state index in [1.807, 2.05) is 27.7 Å². The molecule has 1 aliphatic rings. The molecule has 158 valence electrons. The molecule has 0 bridgehead atoms. The zero-order valence-corrected chi connectivity index (χ0v) is 19.6. The van der Waals surface area contributed by atoms with E-state index in [0.717, 1.165) is 51.2 Å². The molecule has 27 heavy (non-hydrogen) atoms. The van der Waals surface area contributed by atoms with Gasteiger partial charge in [-0.05, 0) is 47.0 Å². The van der Waals surface area contributed by atoms with Gasteiger partial charge in [-0.1, -0.05) is 12.8 Å². The summed E-state index contributed by atoms with van der Waals surface area (Å²) in [6, 6.07) is 0.235. The molecule has 3 N–H and O–H groups in total. The summed E-state index contributed by atoms with van der Waals surface area (Å²) < 4.78 is 5.30. The lowest BCUT2D eigenvalue weighted by Crippen LogP contribution is -2.51. The van der Waals surface area contributed by atoms with Crippen LogP contribution in [0.5, 0.6) is 0 Å². The number of halogens is 1. The molecule has 0 aromatic rings. The van der Waals surface area contributed by atoms with Crippen LogP contribution < -0.4 is 16.0 Å². The Hall–Kier alpha value is -1.06. The zero-order valence-electron chi connectivity index (χ0n) is 17.2. The standard InChI is InChI=1S/C19H36N4O3.HI/c1-5-20-18(23-15-11-12-16(24)22-14-15)21-13-9-7-6-8-10-17(25)26-19(2,3)4;/h15H,5-14H2,1-4H3,(H,22,24)(H2,20,21,23);1H. The fourth-order valence-electron chi connectivity index (χ4n) is 2.69. The highest BCUT2D eigenvalue weighted by molar-refractivity contribution is 14.0. The molecule has 0 saturated carbocycles. The van der Waals surface area contributed by atoms with Gasteiger partial charge >= 0.3 is 5.97 Å². The number of hydrogen-bond acceptors (Lipinski definition) is 4. The van der Waals surface area contributed by atoms with Crippen LogP contribution in [0.3, 0.4) is 0 Å². The van der Waals surface area contributed by atoms with Gasteiger partial charge in [-0.15, -0.1) is 24.0 Å². The molecule has 0 aliphatic carbocycles. The number of nitrogens with one attached hydrogen (secondary N) is 3. The first kappa shape index (κ1) is 25.9. The fraction of sp³-hybridized carbons (Fsp3) is 0.842. The number of aliphatic imine (C=N–C) groups is 1. The van der Waals surface area contributed by atoms with Crippen molar-refractivity contribution in [3.63, 3.8) is 0 Å². The number of unbranched alkanes of at least 4 members (excludes halogenated alkanes) is 3.